The fraction of sp³-hybridized carbons (Fsp3) is 0.500. The van der Waals surface area contributed by atoms with Gasteiger partial charge >= 0.3 is 11.9 Å². The Hall–Kier alpha value is -2.96. The van der Waals surface area contributed by atoms with Crippen molar-refractivity contribution in [2.75, 3.05) is 6.61 Å². The fourth-order valence-corrected chi connectivity index (χ4v) is 2.80. The number of hydrogen-bond acceptors (Lipinski definition) is 7. The first kappa shape index (κ1) is 24.3. The molecule has 0 fully saturated rings. The van der Waals surface area contributed by atoms with Crippen LogP contribution in [0.5, 0.6) is 0 Å². The maximum atomic E-state index is 12.1. The van der Waals surface area contributed by atoms with E-state index in [-0.39, 0.29) is 25.0 Å². The van der Waals surface area contributed by atoms with Crippen LogP contribution in [-0.2, 0) is 38.3 Å². The molecule has 0 radical (unpaired) electrons. The molecule has 168 valence electrons. The minimum atomic E-state index is -0.606. The van der Waals surface area contributed by atoms with E-state index in [9.17, 15) is 9.59 Å². The molecule has 0 aliphatic heterocycles. The first-order chi connectivity index (χ1) is 14.7. The number of carbonyl (C=O) groups is 2. The molecular formula is C24H32N2O5. The third kappa shape index (κ3) is 9.15. The lowest BCUT2D eigenvalue weighted by atomic mass is 10.0. The molecule has 0 saturated heterocycles. The minimum absolute atomic E-state index is 0.0156. The zero-order valence-corrected chi connectivity index (χ0v) is 18.9. The second kappa shape index (κ2) is 11.4. The predicted octanol–water partition coefficient (Wildman–Crippen LogP) is 4.38. The Morgan fingerprint density at radius 3 is 2.45 bits per heavy atom. The molecule has 0 spiro atoms. The Labute approximate surface area is 183 Å². The molecule has 1 aromatic carbocycles. The Morgan fingerprint density at radius 1 is 1.13 bits per heavy atom. The fourth-order valence-electron chi connectivity index (χ4n) is 2.80. The number of aryl methyl sites for hydroxylation is 1. The highest BCUT2D eigenvalue weighted by Crippen LogP contribution is 2.13. The summed E-state index contributed by atoms with van der Waals surface area (Å²) in [4.78, 5) is 28.0. The SMILES string of the molecule is C=C(Cc1nc(Cc2ccc(CCCC)cc2)no1)C(=O)OCCC(=O)OC(C)(C)C. The lowest BCUT2D eigenvalue weighted by Crippen LogP contribution is -2.25. The van der Waals surface area contributed by atoms with Crippen LogP contribution in [0, 0.1) is 0 Å². The van der Waals surface area contributed by atoms with Crippen molar-refractivity contribution in [3.8, 4) is 0 Å². The Bertz CT molecular complexity index is 878. The van der Waals surface area contributed by atoms with Crippen molar-refractivity contribution >= 4 is 11.9 Å². The third-order valence-electron chi connectivity index (χ3n) is 4.33. The van der Waals surface area contributed by atoms with Gasteiger partial charge in [0, 0.05) is 12.0 Å². The molecule has 0 atom stereocenters. The monoisotopic (exact) mass is 428 g/mol. The number of carbonyl (C=O) groups excluding carboxylic acids is 2. The summed E-state index contributed by atoms with van der Waals surface area (Å²) >= 11 is 0. The van der Waals surface area contributed by atoms with Crippen LogP contribution in [0.2, 0.25) is 0 Å². The van der Waals surface area contributed by atoms with Gasteiger partial charge in [0.05, 0.1) is 12.8 Å². The standard InChI is InChI=1S/C24H32N2O5/c1-6-7-8-18-9-11-19(12-10-18)16-20-25-21(31-26-20)15-17(2)23(28)29-14-13-22(27)30-24(3,4)5/h9-12H,2,6-8,13-16H2,1,3-5H3. The van der Waals surface area contributed by atoms with Gasteiger partial charge in [0.15, 0.2) is 5.82 Å². The van der Waals surface area contributed by atoms with Gasteiger partial charge in [0.25, 0.3) is 0 Å². The summed E-state index contributed by atoms with van der Waals surface area (Å²) in [5, 5.41) is 3.97. The summed E-state index contributed by atoms with van der Waals surface area (Å²) in [6.07, 6.45) is 4.06. The van der Waals surface area contributed by atoms with Gasteiger partial charge < -0.3 is 14.0 Å². The molecule has 0 aliphatic carbocycles. The van der Waals surface area contributed by atoms with Gasteiger partial charge in [-0.15, -0.1) is 0 Å². The number of aromatic nitrogens is 2. The first-order valence-electron chi connectivity index (χ1n) is 10.6. The van der Waals surface area contributed by atoms with Gasteiger partial charge in [-0.3, -0.25) is 4.79 Å². The van der Waals surface area contributed by atoms with E-state index in [1.54, 1.807) is 20.8 Å². The molecule has 0 unspecified atom stereocenters. The van der Waals surface area contributed by atoms with E-state index < -0.39 is 17.5 Å². The van der Waals surface area contributed by atoms with Crippen molar-refractivity contribution < 1.29 is 23.6 Å². The molecule has 31 heavy (non-hydrogen) atoms. The minimum Gasteiger partial charge on any atom is -0.462 e. The molecule has 2 aromatic rings. The number of benzene rings is 1. The van der Waals surface area contributed by atoms with Crippen molar-refractivity contribution in [1.29, 1.82) is 0 Å². The molecule has 7 heteroatoms. The molecule has 2 rings (SSSR count). The van der Waals surface area contributed by atoms with Gasteiger partial charge in [0.2, 0.25) is 5.89 Å². The predicted molar refractivity (Wildman–Crippen MR) is 116 cm³/mol. The van der Waals surface area contributed by atoms with Crippen molar-refractivity contribution in [2.45, 2.75) is 71.8 Å². The first-order valence-corrected chi connectivity index (χ1v) is 10.6. The molecule has 0 N–H and O–H groups in total. The smallest absolute Gasteiger partial charge is 0.333 e. The zero-order chi connectivity index (χ0) is 22.9. The molecule has 0 saturated carbocycles. The Balaban J connectivity index is 1.77. The normalized spacial score (nSPS) is 11.2. The van der Waals surface area contributed by atoms with Crippen LogP contribution in [0.15, 0.2) is 40.9 Å². The zero-order valence-electron chi connectivity index (χ0n) is 18.9. The molecule has 0 aliphatic rings. The van der Waals surface area contributed by atoms with E-state index in [4.69, 9.17) is 14.0 Å². The highest BCUT2D eigenvalue weighted by Gasteiger charge is 2.18. The topological polar surface area (TPSA) is 91.5 Å². The largest absolute Gasteiger partial charge is 0.462 e. The van der Waals surface area contributed by atoms with Crippen LogP contribution in [0.25, 0.3) is 0 Å². The van der Waals surface area contributed by atoms with E-state index >= 15 is 0 Å². The summed E-state index contributed by atoms with van der Waals surface area (Å²) < 4.78 is 15.5. The van der Waals surface area contributed by atoms with Gasteiger partial charge in [-0.25, -0.2) is 4.79 Å². The van der Waals surface area contributed by atoms with Crippen LogP contribution >= 0.6 is 0 Å². The van der Waals surface area contributed by atoms with Crippen LogP contribution < -0.4 is 0 Å². The number of hydrogen-bond donors (Lipinski definition) is 0. The van der Waals surface area contributed by atoms with Gasteiger partial charge in [-0.1, -0.05) is 49.3 Å². The average Bonchev–Trinajstić information content (AvgIpc) is 3.12. The highest BCUT2D eigenvalue weighted by atomic mass is 16.6. The van der Waals surface area contributed by atoms with Gasteiger partial charge in [0.1, 0.15) is 12.2 Å². The number of ether oxygens (including phenoxy) is 2. The van der Waals surface area contributed by atoms with Crippen molar-refractivity contribution in [3.63, 3.8) is 0 Å². The third-order valence-corrected chi connectivity index (χ3v) is 4.33. The maximum Gasteiger partial charge on any atom is 0.333 e. The molecule has 0 amide bonds. The van der Waals surface area contributed by atoms with E-state index in [0.717, 1.165) is 12.0 Å². The number of nitrogens with zero attached hydrogens (tertiary/aromatic N) is 2. The van der Waals surface area contributed by atoms with Crippen LogP contribution in [0.1, 0.15) is 69.8 Å². The Morgan fingerprint density at radius 2 is 1.81 bits per heavy atom. The van der Waals surface area contributed by atoms with Crippen LogP contribution in [-0.4, -0.2) is 34.3 Å². The second-order valence-corrected chi connectivity index (χ2v) is 8.45. The van der Waals surface area contributed by atoms with Crippen molar-refractivity contribution in [1.82, 2.24) is 10.1 Å². The Kier molecular flexibility index (Phi) is 8.97. The van der Waals surface area contributed by atoms with Gasteiger partial charge in [-0.05, 0) is 44.7 Å². The highest BCUT2D eigenvalue weighted by molar-refractivity contribution is 5.88. The number of unbranched alkanes of at least 4 members (excludes halogenated alkanes) is 1. The molecule has 1 aromatic heterocycles. The lowest BCUT2D eigenvalue weighted by Gasteiger charge is -2.19. The lowest BCUT2D eigenvalue weighted by molar-refractivity contribution is -0.156. The van der Waals surface area contributed by atoms with Gasteiger partial charge in [-0.2, -0.15) is 4.98 Å². The van der Waals surface area contributed by atoms with E-state index in [1.807, 2.05) is 0 Å². The number of rotatable bonds is 11. The van der Waals surface area contributed by atoms with Crippen LogP contribution in [0.3, 0.4) is 0 Å². The van der Waals surface area contributed by atoms with Crippen molar-refractivity contribution in [3.05, 3.63) is 59.3 Å². The van der Waals surface area contributed by atoms with Crippen molar-refractivity contribution in [2.24, 2.45) is 0 Å². The number of esters is 2. The summed E-state index contributed by atoms with van der Waals surface area (Å²) in [6, 6.07) is 8.40. The molecular weight excluding hydrogens is 396 g/mol. The molecule has 0 bridgehead atoms. The molecule has 1 heterocycles. The quantitative estimate of drug-likeness (QED) is 0.387. The average molecular weight is 429 g/mol. The maximum absolute atomic E-state index is 12.1. The van der Waals surface area contributed by atoms with Crippen LogP contribution in [0.4, 0.5) is 0 Å². The second-order valence-electron chi connectivity index (χ2n) is 8.45. The van der Waals surface area contributed by atoms with E-state index in [1.165, 1.54) is 18.4 Å². The summed E-state index contributed by atoms with van der Waals surface area (Å²) in [6.45, 7) is 11.2. The summed E-state index contributed by atoms with van der Waals surface area (Å²) in [7, 11) is 0. The van der Waals surface area contributed by atoms with E-state index in [0.29, 0.717) is 18.1 Å². The van der Waals surface area contributed by atoms with E-state index in [2.05, 4.69) is 47.9 Å². The molecule has 7 nitrogen and oxygen atoms in total. The summed E-state index contributed by atoms with van der Waals surface area (Å²) in [5.74, 6) is -0.192. The summed E-state index contributed by atoms with van der Waals surface area (Å²) in [5.41, 5.74) is 2.02.